The number of hydrogen-bond acceptors (Lipinski definition) is 5. The van der Waals surface area contributed by atoms with E-state index in [0.29, 0.717) is 22.2 Å². The lowest BCUT2D eigenvalue weighted by Crippen LogP contribution is -2.22. The van der Waals surface area contributed by atoms with Crippen molar-refractivity contribution < 1.29 is 27.6 Å². The average Bonchev–Trinajstić information content (AvgIpc) is 2.66. The maximum atomic E-state index is 13.3. The fraction of sp³-hybridized carbons (Fsp3) is 0.158. The number of ether oxygens (including phenoxy) is 1. The predicted molar refractivity (Wildman–Crippen MR) is 109 cm³/mol. The standard InChI is InChI=1S/C19H12Cl2F3N3O4/c1-9-2-4-11-13(20)7-14(21)18(17(11)25-9)31-8-16(28)26-15-5-3-10(27(29)30)6-12(15)19(22,23)24/h2-7H,8H2,1H3,(H,26,28). The number of carbonyl (C=O) groups is 1. The summed E-state index contributed by atoms with van der Waals surface area (Å²) in [5, 5.41) is 13.7. The minimum absolute atomic E-state index is 0.0414. The molecule has 31 heavy (non-hydrogen) atoms. The van der Waals surface area contributed by atoms with E-state index in [9.17, 15) is 28.1 Å². The molecule has 0 saturated heterocycles. The molecule has 0 aliphatic carbocycles. The number of nitro groups is 1. The zero-order valence-corrected chi connectivity index (χ0v) is 17.1. The number of alkyl halides is 3. The fourth-order valence-electron chi connectivity index (χ4n) is 2.74. The van der Waals surface area contributed by atoms with Crippen molar-refractivity contribution in [3.05, 3.63) is 67.8 Å². The first-order valence-electron chi connectivity index (χ1n) is 8.51. The second-order valence-electron chi connectivity index (χ2n) is 6.34. The number of aromatic nitrogens is 1. The summed E-state index contributed by atoms with van der Waals surface area (Å²) in [5.74, 6) is -0.897. The van der Waals surface area contributed by atoms with Crippen molar-refractivity contribution in [1.82, 2.24) is 4.98 Å². The number of amides is 1. The molecular formula is C19H12Cl2F3N3O4. The number of rotatable bonds is 5. The van der Waals surface area contributed by atoms with Crippen LogP contribution in [0.5, 0.6) is 5.75 Å². The summed E-state index contributed by atoms with van der Waals surface area (Å²) < 4.78 is 45.2. The summed E-state index contributed by atoms with van der Waals surface area (Å²) in [7, 11) is 0. The van der Waals surface area contributed by atoms with E-state index in [0.717, 1.165) is 12.1 Å². The van der Waals surface area contributed by atoms with Gasteiger partial charge in [-0.25, -0.2) is 4.98 Å². The van der Waals surface area contributed by atoms with Gasteiger partial charge < -0.3 is 10.1 Å². The number of nitrogens with zero attached hydrogens (tertiary/aromatic N) is 2. The Morgan fingerprint density at radius 2 is 1.90 bits per heavy atom. The fourth-order valence-corrected chi connectivity index (χ4v) is 3.31. The molecule has 162 valence electrons. The van der Waals surface area contributed by atoms with E-state index in [4.69, 9.17) is 27.9 Å². The number of halogens is 5. The summed E-state index contributed by atoms with van der Waals surface area (Å²) in [6, 6.07) is 6.79. The second-order valence-corrected chi connectivity index (χ2v) is 7.15. The van der Waals surface area contributed by atoms with Crippen molar-refractivity contribution in [1.29, 1.82) is 0 Å². The summed E-state index contributed by atoms with van der Waals surface area (Å²) in [4.78, 5) is 26.3. The number of anilines is 1. The lowest BCUT2D eigenvalue weighted by molar-refractivity contribution is -0.385. The van der Waals surface area contributed by atoms with Crippen LogP contribution in [0.1, 0.15) is 11.3 Å². The Hall–Kier alpha value is -3.11. The minimum Gasteiger partial charge on any atom is -0.480 e. The SMILES string of the molecule is Cc1ccc2c(Cl)cc(Cl)c(OCC(=O)Nc3ccc([N+](=O)[O-])cc3C(F)(F)F)c2n1. The van der Waals surface area contributed by atoms with Gasteiger partial charge in [0.25, 0.3) is 11.6 Å². The highest BCUT2D eigenvalue weighted by atomic mass is 35.5. The number of non-ortho nitro benzene ring substituents is 1. The first-order chi connectivity index (χ1) is 14.5. The molecule has 1 aromatic heterocycles. The lowest BCUT2D eigenvalue weighted by Gasteiger charge is -2.15. The molecule has 0 fully saturated rings. The molecule has 0 unspecified atom stereocenters. The van der Waals surface area contributed by atoms with Gasteiger partial charge in [-0.15, -0.1) is 0 Å². The van der Waals surface area contributed by atoms with Crippen LogP contribution in [0, 0.1) is 17.0 Å². The van der Waals surface area contributed by atoms with Crippen molar-refractivity contribution in [3.63, 3.8) is 0 Å². The number of nitrogens with one attached hydrogen (secondary N) is 1. The van der Waals surface area contributed by atoms with Crippen molar-refractivity contribution in [2.45, 2.75) is 13.1 Å². The van der Waals surface area contributed by atoms with Gasteiger partial charge in [-0.05, 0) is 31.2 Å². The molecular weight excluding hydrogens is 462 g/mol. The van der Waals surface area contributed by atoms with Crippen LogP contribution in [-0.2, 0) is 11.0 Å². The van der Waals surface area contributed by atoms with Gasteiger partial charge in [0.2, 0.25) is 0 Å². The summed E-state index contributed by atoms with van der Waals surface area (Å²) in [6.45, 7) is 1.03. The Balaban J connectivity index is 1.85. The van der Waals surface area contributed by atoms with Crippen LogP contribution >= 0.6 is 23.2 Å². The second kappa shape index (κ2) is 8.56. The number of pyridine rings is 1. The predicted octanol–water partition coefficient (Wildman–Crippen LogP) is 5.79. The van der Waals surface area contributed by atoms with E-state index in [1.165, 1.54) is 6.07 Å². The quantitative estimate of drug-likeness (QED) is 0.373. The van der Waals surface area contributed by atoms with Crippen LogP contribution in [0.15, 0.2) is 36.4 Å². The van der Waals surface area contributed by atoms with E-state index >= 15 is 0 Å². The lowest BCUT2D eigenvalue weighted by atomic mass is 10.1. The summed E-state index contributed by atoms with van der Waals surface area (Å²) in [6.07, 6.45) is -4.92. The smallest absolute Gasteiger partial charge is 0.418 e. The first-order valence-corrected chi connectivity index (χ1v) is 9.26. The topological polar surface area (TPSA) is 94.4 Å². The number of benzene rings is 2. The van der Waals surface area contributed by atoms with Gasteiger partial charge in [0, 0.05) is 23.2 Å². The summed E-state index contributed by atoms with van der Waals surface area (Å²) >= 11 is 12.3. The van der Waals surface area contributed by atoms with E-state index < -0.39 is 40.6 Å². The van der Waals surface area contributed by atoms with Crippen LogP contribution in [-0.4, -0.2) is 22.4 Å². The van der Waals surface area contributed by atoms with Crippen molar-refractivity contribution in [3.8, 4) is 5.75 Å². The zero-order valence-electron chi connectivity index (χ0n) is 15.6. The van der Waals surface area contributed by atoms with E-state index in [1.807, 2.05) is 5.32 Å². The van der Waals surface area contributed by atoms with E-state index in [2.05, 4.69) is 4.98 Å². The zero-order chi connectivity index (χ0) is 22.9. The minimum atomic E-state index is -4.92. The van der Waals surface area contributed by atoms with Gasteiger partial charge >= 0.3 is 6.18 Å². The van der Waals surface area contributed by atoms with Crippen molar-refractivity contribution >= 4 is 51.4 Å². The molecule has 12 heteroatoms. The van der Waals surface area contributed by atoms with Gasteiger partial charge in [-0.1, -0.05) is 23.2 Å². The molecule has 0 spiro atoms. The highest BCUT2D eigenvalue weighted by molar-refractivity contribution is 6.39. The molecule has 2 aromatic carbocycles. The van der Waals surface area contributed by atoms with Crippen molar-refractivity contribution in [2.75, 3.05) is 11.9 Å². The molecule has 1 heterocycles. The highest BCUT2D eigenvalue weighted by Crippen LogP contribution is 2.38. The number of nitro benzene ring substituents is 1. The van der Waals surface area contributed by atoms with Gasteiger partial charge in [-0.3, -0.25) is 14.9 Å². The van der Waals surface area contributed by atoms with Crippen LogP contribution in [0.2, 0.25) is 10.0 Å². The number of hydrogen-bond donors (Lipinski definition) is 1. The molecule has 0 aliphatic heterocycles. The normalized spacial score (nSPS) is 11.4. The highest BCUT2D eigenvalue weighted by Gasteiger charge is 2.35. The molecule has 0 saturated carbocycles. The Labute approximate surface area is 182 Å². The summed E-state index contributed by atoms with van der Waals surface area (Å²) in [5.41, 5.74) is -1.85. The molecule has 3 rings (SSSR count). The molecule has 1 N–H and O–H groups in total. The largest absolute Gasteiger partial charge is 0.480 e. The van der Waals surface area contributed by atoms with Gasteiger partial charge in [0.05, 0.1) is 26.2 Å². The third-order valence-electron chi connectivity index (χ3n) is 4.12. The van der Waals surface area contributed by atoms with Crippen molar-refractivity contribution in [2.24, 2.45) is 0 Å². The molecule has 0 bridgehead atoms. The molecule has 0 radical (unpaired) electrons. The Kier molecular flexibility index (Phi) is 6.23. The first kappa shape index (κ1) is 22.6. The average molecular weight is 474 g/mol. The van der Waals surface area contributed by atoms with Crippen LogP contribution < -0.4 is 10.1 Å². The molecule has 1 amide bonds. The van der Waals surface area contributed by atoms with Gasteiger partial charge in [-0.2, -0.15) is 13.2 Å². The number of carbonyl (C=O) groups excluding carboxylic acids is 1. The number of fused-ring (bicyclic) bond motifs is 1. The molecule has 7 nitrogen and oxygen atoms in total. The Bertz CT molecular complexity index is 1200. The van der Waals surface area contributed by atoms with E-state index in [1.54, 1.807) is 19.1 Å². The van der Waals surface area contributed by atoms with Crippen LogP contribution in [0.25, 0.3) is 10.9 Å². The third kappa shape index (κ3) is 4.97. The molecule has 0 aliphatic rings. The van der Waals surface area contributed by atoms with Crippen LogP contribution in [0.3, 0.4) is 0 Å². The monoisotopic (exact) mass is 473 g/mol. The molecule has 3 aromatic rings. The van der Waals surface area contributed by atoms with E-state index in [-0.39, 0.29) is 16.3 Å². The Morgan fingerprint density at radius 3 is 2.55 bits per heavy atom. The van der Waals surface area contributed by atoms with Gasteiger partial charge in [0.1, 0.15) is 5.52 Å². The maximum absolute atomic E-state index is 13.3. The van der Waals surface area contributed by atoms with Gasteiger partial charge in [0.15, 0.2) is 12.4 Å². The van der Waals surface area contributed by atoms with Crippen LogP contribution in [0.4, 0.5) is 24.5 Å². The number of aryl methyl sites for hydroxylation is 1. The molecule has 0 atom stereocenters. The Morgan fingerprint density at radius 1 is 1.19 bits per heavy atom. The maximum Gasteiger partial charge on any atom is 0.418 e. The third-order valence-corrected chi connectivity index (χ3v) is 4.71.